The Bertz CT molecular complexity index is 370. The molecule has 2 heteroatoms. The molecule has 1 unspecified atom stereocenters. The van der Waals surface area contributed by atoms with Crippen molar-refractivity contribution in [2.75, 3.05) is 0 Å². The van der Waals surface area contributed by atoms with Crippen molar-refractivity contribution in [3.8, 4) is 0 Å². The van der Waals surface area contributed by atoms with Crippen LogP contribution in [0.2, 0.25) is 0 Å². The molecule has 0 spiro atoms. The highest BCUT2D eigenvalue weighted by Crippen LogP contribution is 2.36. The van der Waals surface area contributed by atoms with E-state index in [1.807, 2.05) is 11.3 Å². The number of aryl methyl sites for hydroxylation is 1. The molecule has 1 saturated carbocycles. The van der Waals surface area contributed by atoms with Crippen molar-refractivity contribution in [2.45, 2.75) is 71.9 Å². The zero-order chi connectivity index (χ0) is 13.2. The molecule has 1 aromatic heterocycles. The molecule has 1 heterocycles. The average Bonchev–Trinajstić information content (AvgIpc) is 2.80. The lowest BCUT2D eigenvalue weighted by Crippen LogP contribution is -2.36. The van der Waals surface area contributed by atoms with Gasteiger partial charge in [0.25, 0.3) is 0 Å². The van der Waals surface area contributed by atoms with Gasteiger partial charge in [0, 0.05) is 21.8 Å². The van der Waals surface area contributed by atoms with Crippen LogP contribution in [0.4, 0.5) is 0 Å². The maximum absolute atomic E-state index is 3.82. The van der Waals surface area contributed by atoms with Crippen LogP contribution in [0.1, 0.15) is 69.2 Å². The molecule has 0 aromatic carbocycles. The Labute approximate surface area is 116 Å². The highest BCUT2D eigenvalue weighted by atomic mass is 32.1. The van der Waals surface area contributed by atoms with Crippen LogP contribution in [0.15, 0.2) is 12.1 Å². The second-order valence-electron chi connectivity index (χ2n) is 6.48. The molecule has 0 amide bonds. The van der Waals surface area contributed by atoms with E-state index < -0.39 is 0 Å². The fourth-order valence-corrected chi connectivity index (χ4v) is 3.78. The average molecular weight is 265 g/mol. The van der Waals surface area contributed by atoms with E-state index in [0.29, 0.717) is 11.5 Å². The molecule has 1 atom stereocenters. The van der Waals surface area contributed by atoms with Crippen molar-refractivity contribution < 1.29 is 0 Å². The maximum atomic E-state index is 3.82. The molecular formula is C16H27NS. The molecule has 1 aliphatic carbocycles. The van der Waals surface area contributed by atoms with Gasteiger partial charge < -0.3 is 5.32 Å². The Morgan fingerprint density at radius 1 is 1.33 bits per heavy atom. The van der Waals surface area contributed by atoms with Gasteiger partial charge >= 0.3 is 0 Å². The summed E-state index contributed by atoms with van der Waals surface area (Å²) in [6.07, 6.45) is 6.56. The molecule has 1 nitrogen and oxygen atoms in total. The normalized spacial score (nSPS) is 22.0. The third kappa shape index (κ3) is 3.58. The van der Waals surface area contributed by atoms with Gasteiger partial charge in [-0.25, -0.2) is 0 Å². The molecule has 1 aromatic rings. The summed E-state index contributed by atoms with van der Waals surface area (Å²) >= 11 is 1.97. The SMILES string of the molecule is CCc1ccc(C(C)NC2CCC(C)(C)CC2)s1. The van der Waals surface area contributed by atoms with Crippen molar-refractivity contribution in [1.82, 2.24) is 5.32 Å². The van der Waals surface area contributed by atoms with Gasteiger partial charge in [0.2, 0.25) is 0 Å². The monoisotopic (exact) mass is 265 g/mol. The first-order valence-electron chi connectivity index (χ1n) is 7.35. The van der Waals surface area contributed by atoms with E-state index in [2.05, 4.69) is 45.1 Å². The summed E-state index contributed by atoms with van der Waals surface area (Å²) in [5.41, 5.74) is 0.569. The fraction of sp³-hybridized carbons (Fsp3) is 0.750. The van der Waals surface area contributed by atoms with E-state index in [1.54, 1.807) is 0 Å². The highest BCUT2D eigenvalue weighted by molar-refractivity contribution is 7.12. The van der Waals surface area contributed by atoms with Crippen molar-refractivity contribution >= 4 is 11.3 Å². The van der Waals surface area contributed by atoms with Gasteiger partial charge in [-0.3, -0.25) is 0 Å². The summed E-state index contributed by atoms with van der Waals surface area (Å²) in [5, 5.41) is 3.82. The van der Waals surface area contributed by atoms with Crippen LogP contribution in [0.3, 0.4) is 0 Å². The number of thiophene rings is 1. The molecule has 0 saturated heterocycles. The van der Waals surface area contributed by atoms with E-state index in [4.69, 9.17) is 0 Å². The van der Waals surface area contributed by atoms with Gasteiger partial charge in [0.05, 0.1) is 0 Å². The topological polar surface area (TPSA) is 12.0 Å². The predicted molar refractivity (Wildman–Crippen MR) is 81.3 cm³/mol. The molecule has 1 aliphatic rings. The summed E-state index contributed by atoms with van der Waals surface area (Å²) in [7, 11) is 0. The van der Waals surface area contributed by atoms with Crippen molar-refractivity contribution in [1.29, 1.82) is 0 Å². The zero-order valence-corrected chi connectivity index (χ0v) is 13.1. The van der Waals surface area contributed by atoms with Crippen LogP contribution in [0.25, 0.3) is 0 Å². The van der Waals surface area contributed by atoms with Crippen LogP contribution in [-0.4, -0.2) is 6.04 Å². The second kappa shape index (κ2) is 5.75. The number of hydrogen-bond acceptors (Lipinski definition) is 2. The van der Waals surface area contributed by atoms with Gasteiger partial charge in [0.15, 0.2) is 0 Å². The Balaban J connectivity index is 1.86. The van der Waals surface area contributed by atoms with E-state index >= 15 is 0 Å². The largest absolute Gasteiger partial charge is 0.307 e. The molecule has 0 bridgehead atoms. The quantitative estimate of drug-likeness (QED) is 0.814. The van der Waals surface area contributed by atoms with Gasteiger partial charge in [-0.15, -0.1) is 11.3 Å². The first-order chi connectivity index (χ1) is 8.50. The summed E-state index contributed by atoms with van der Waals surface area (Å²) in [6.45, 7) is 9.35. The third-order valence-corrected chi connectivity index (χ3v) is 5.69. The number of hydrogen-bond donors (Lipinski definition) is 1. The standard InChI is InChI=1S/C16H27NS/c1-5-14-6-7-15(18-14)12(2)17-13-8-10-16(3,4)11-9-13/h6-7,12-13,17H,5,8-11H2,1-4H3. The van der Waals surface area contributed by atoms with Crippen molar-refractivity contribution in [2.24, 2.45) is 5.41 Å². The lowest BCUT2D eigenvalue weighted by atomic mass is 9.75. The van der Waals surface area contributed by atoms with E-state index in [0.717, 1.165) is 12.5 Å². The Morgan fingerprint density at radius 3 is 2.56 bits per heavy atom. The minimum Gasteiger partial charge on any atom is -0.307 e. The highest BCUT2D eigenvalue weighted by Gasteiger charge is 2.27. The zero-order valence-electron chi connectivity index (χ0n) is 12.3. The minimum atomic E-state index is 0.515. The smallest absolute Gasteiger partial charge is 0.0388 e. The van der Waals surface area contributed by atoms with Gasteiger partial charge in [-0.2, -0.15) is 0 Å². The van der Waals surface area contributed by atoms with E-state index in [9.17, 15) is 0 Å². The van der Waals surface area contributed by atoms with Crippen LogP contribution in [0, 0.1) is 5.41 Å². The molecule has 0 aliphatic heterocycles. The Morgan fingerprint density at radius 2 is 2.00 bits per heavy atom. The van der Waals surface area contributed by atoms with Crippen molar-refractivity contribution in [3.05, 3.63) is 21.9 Å². The summed E-state index contributed by atoms with van der Waals surface area (Å²) in [6, 6.07) is 5.82. The second-order valence-corrected chi connectivity index (χ2v) is 7.68. The summed E-state index contributed by atoms with van der Waals surface area (Å²) in [4.78, 5) is 3.00. The third-order valence-electron chi connectivity index (χ3n) is 4.28. The summed E-state index contributed by atoms with van der Waals surface area (Å²) in [5.74, 6) is 0. The molecular weight excluding hydrogens is 238 g/mol. The Hall–Kier alpha value is -0.340. The molecule has 18 heavy (non-hydrogen) atoms. The molecule has 1 fully saturated rings. The van der Waals surface area contributed by atoms with Crippen LogP contribution in [0.5, 0.6) is 0 Å². The first kappa shape index (κ1) is 14.1. The number of rotatable bonds is 4. The van der Waals surface area contributed by atoms with Gasteiger partial charge in [0.1, 0.15) is 0 Å². The summed E-state index contributed by atoms with van der Waals surface area (Å²) < 4.78 is 0. The molecule has 1 N–H and O–H groups in total. The maximum Gasteiger partial charge on any atom is 0.0388 e. The van der Waals surface area contributed by atoms with E-state index in [1.165, 1.54) is 35.4 Å². The minimum absolute atomic E-state index is 0.515. The molecule has 2 rings (SSSR count). The number of nitrogens with one attached hydrogen (secondary N) is 1. The van der Waals surface area contributed by atoms with E-state index in [-0.39, 0.29) is 0 Å². The Kier molecular flexibility index (Phi) is 4.50. The van der Waals surface area contributed by atoms with Crippen LogP contribution in [-0.2, 0) is 6.42 Å². The lowest BCUT2D eigenvalue weighted by molar-refractivity contribution is 0.200. The molecule has 102 valence electrons. The van der Waals surface area contributed by atoms with Gasteiger partial charge in [-0.1, -0.05) is 20.8 Å². The lowest BCUT2D eigenvalue weighted by Gasteiger charge is -2.35. The van der Waals surface area contributed by atoms with Crippen LogP contribution < -0.4 is 5.32 Å². The predicted octanol–water partition coefficient (Wildman–Crippen LogP) is 4.93. The van der Waals surface area contributed by atoms with Gasteiger partial charge in [-0.05, 0) is 56.6 Å². The fourth-order valence-electron chi connectivity index (χ4n) is 2.82. The van der Waals surface area contributed by atoms with Crippen molar-refractivity contribution in [3.63, 3.8) is 0 Å². The first-order valence-corrected chi connectivity index (χ1v) is 8.16. The van der Waals surface area contributed by atoms with Crippen LogP contribution >= 0.6 is 11.3 Å². The molecule has 0 radical (unpaired) electrons.